The molecule has 3 heteroatoms. The zero-order valence-corrected chi connectivity index (χ0v) is 11.1. The molecule has 0 bridgehead atoms. The second-order valence-electron chi connectivity index (χ2n) is 4.33. The van der Waals surface area contributed by atoms with Crippen LogP contribution in [0.4, 0.5) is 0 Å². The van der Waals surface area contributed by atoms with E-state index in [0.29, 0.717) is 5.75 Å². The number of thiophene rings is 1. The Morgan fingerprint density at radius 1 is 1.05 bits per heavy atom. The number of rotatable bonds is 3. The van der Waals surface area contributed by atoms with E-state index in [1.807, 2.05) is 35.8 Å². The fourth-order valence-corrected chi connectivity index (χ4v) is 2.98. The van der Waals surface area contributed by atoms with Crippen LogP contribution in [0, 0.1) is 0 Å². The van der Waals surface area contributed by atoms with Crippen molar-refractivity contribution in [2.24, 2.45) is 0 Å². The zero-order chi connectivity index (χ0) is 13.1. The van der Waals surface area contributed by atoms with Crippen molar-refractivity contribution < 1.29 is 5.11 Å². The third-order valence-corrected chi connectivity index (χ3v) is 3.90. The Hall–Kier alpha value is -2.13. The number of benzene rings is 1. The van der Waals surface area contributed by atoms with Crippen LogP contribution >= 0.6 is 11.3 Å². The number of aromatic nitrogens is 1. The van der Waals surface area contributed by atoms with Crippen LogP contribution < -0.4 is 0 Å². The molecule has 0 atom stereocenters. The van der Waals surface area contributed by atoms with Crippen LogP contribution in [0.3, 0.4) is 0 Å². The molecule has 1 N–H and O–H groups in total. The van der Waals surface area contributed by atoms with E-state index in [2.05, 4.69) is 17.1 Å². The number of aromatic hydroxyl groups is 1. The van der Waals surface area contributed by atoms with Gasteiger partial charge in [0.15, 0.2) is 0 Å². The van der Waals surface area contributed by atoms with E-state index in [0.717, 1.165) is 28.0 Å². The van der Waals surface area contributed by atoms with Gasteiger partial charge < -0.3 is 5.11 Å². The van der Waals surface area contributed by atoms with Crippen molar-refractivity contribution in [1.29, 1.82) is 0 Å². The third-order valence-electron chi connectivity index (χ3n) is 3.01. The summed E-state index contributed by atoms with van der Waals surface area (Å²) < 4.78 is 0. The molecule has 0 fully saturated rings. The first kappa shape index (κ1) is 11.9. The van der Waals surface area contributed by atoms with Crippen LogP contribution in [-0.4, -0.2) is 10.1 Å². The molecule has 1 aromatic carbocycles. The van der Waals surface area contributed by atoms with Crippen molar-refractivity contribution in [3.63, 3.8) is 0 Å². The minimum absolute atomic E-state index is 0.337. The Morgan fingerprint density at radius 2 is 2.00 bits per heavy atom. The minimum atomic E-state index is 0.337. The Kier molecular flexibility index (Phi) is 3.29. The van der Waals surface area contributed by atoms with Gasteiger partial charge in [-0.2, -0.15) is 0 Å². The van der Waals surface area contributed by atoms with Crippen molar-refractivity contribution >= 4 is 11.3 Å². The molecule has 0 aliphatic carbocycles. The Balaban J connectivity index is 2.05. The number of phenols is 1. The van der Waals surface area contributed by atoms with Gasteiger partial charge in [0.1, 0.15) is 5.75 Å². The van der Waals surface area contributed by atoms with Crippen molar-refractivity contribution in [2.45, 2.75) is 6.42 Å². The zero-order valence-electron chi connectivity index (χ0n) is 10.3. The monoisotopic (exact) mass is 267 g/mol. The third kappa shape index (κ3) is 2.51. The van der Waals surface area contributed by atoms with Gasteiger partial charge in [0.25, 0.3) is 0 Å². The number of pyridine rings is 1. The standard InChI is InChI=1S/C16H13NOS/c18-14-6-1-5-13(10-12-4-2-8-17-11-12)16(14)15-7-3-9-19-15/h1-9,11,18H,10H2. The summed E-state index contributed by atoms with van der Waals surface area (Å²) in [6, 6.07) is 13.7. The Bertz CT molecular complexity index is 662. The molecular weight excluding hydrogens is 254 g/mol. The smallest absolute Gasteiger partial charge is 0.124 e. The predicted molar refractivity (Wildman–Crippen MR) is 78.5 cm³/mol. The summed E-state index contributed by atoms with van der Waals surface area (Å²) >= 11 is 1.64. The van der Waals surface area contributed by atoms with Gasteiger partial charge in [-0.25, -0.2) is 0 Å². The predicted octanol–water partition coefficient (Wildman–Crippen LogP) is 4.11. The van der Waals surface area contributed by atoms with Crippen LogP contribution in [0.1, 0.15) is 11.1 Å². The molecule has 2 aromatic heterocycles. The summed E-state index contributed by atoms with van der Waals surface area (Å²) in [6.07, 6.45) is 4.41. The van der Waals surface area contributed by atoms with Gasteiger partial charge in [0.05, 0.1) is 0 Å². The average molecular weight is 267 g/mol. The second kappa shape index (κ2) is 5.24. The van der Waals surface area contributed by atoms with Gasteiger partial charge in [-0.3, -0.25) is 4.98 Å². The SMILES string of the molecule is Oc1cccc(Cc2cccnc2)c1-c1cccs1. The lowest BCUT2D eigenvalue weighted by Gasteiger charge is -2.10. The van der Waals surface area contributed by atoms with Crippen molar-refractivity contribution in [3.8, 4) is 16.2 Å². The summed E-state index contributed by atoms with van der Waals surface area (Å²) in [4.78, 5) is 5.23. The van der Waals surface area contributed by atoms with Crippen LogP contribution in [-0.2, 0) is 6.42 Å². The number of hydrogen-bond donors (Lipinski definition) is 1. The molecule has 3 aromatic rings. The van der Waals surface area contributed by atoms with Crippen molar-refractivity contribution in [1.82, 2.24) is 4.98 Å². The molecule has 0 aliphatic heterocycles. The van der Waals surface area contributed by atoms with Crippen LogP contribution in [0.5, 0.6) is 5.75 Å². The lowest BCUT2D eigenvalue weighted by atomic mass is 9.99. The average Bonchev–Trinajstić information content (AvgIpc) is 2.94. The fraction of sp³-hybridized carbons (Fsp3) is 0.0625. The molecule has 2 heterocycles. The summed E-state index contributed by atoms with van der Waals surface area (Å²) in [6.45, 7) is 0. The Morgan fingerprint density at radius 3 is 2.74 bits per heavy atom. The van der Waals surface area contributed by atoms with Crippen molar-refractivity contribution in [3.05, 3.63) is 71.4 Å². The molecule has 0 spiro atoms. The topological polar surface area (TPSA) is 33.1 Å². The maximum absolute atomic E-state index is 10.1. The first-order chi connectivity index (χ1) is 9.34. The highest BCUT2D eigenvalue weighted by molar-refractivity contribution is 7.13. The quantitative estimate of drug-likeness (QED) is 0.774. The lowest BCUT2D eigenvalue weighted by Crippen LogP contribution is -1.92. The number of nitrogens with zero attached hydrogens (tertiary/aromatic N) is 1. The van der Waals surface area contributed by atoms with Crippen molar-refractivity contribution in [2.75, 3.05) is 0 Å². The first-order valence-corrected chi connectivity index (χ1v) is 6.96. The van der Waals surface area contributed by atoms with Gasteiger partial charge >= 0.3 is 0 Å². The van der Waals surface area contributed by atoms with E-state index >= 15 is 0 Å². The first-order valence-electron chi connectivity index (χ1n) is 6.08. The minimum Gasteiger partial charge on any atom is -0.507 e. The van der Waals surface area contributed by atoms with Crippen LogP contribution in [0.2, 0.25) is 0 Å². The lowest BCUT2D eigenvalue weighted by molar-refractivity contribution is 0.477. The van der Waals surface area contributed by atoms with E-state index in [-0.39, 0.29) is 0 Å². The summed E-state index contributed by atoms with van der Waals surface area (Å²) in [5.74, 6) is 0.337. The molecule has 94 valence electrons. The van der Waals surface area contributed by atoms with Gasteiger partial charge in [0, 0.05) is 22.8 Å². The fourth-order valence-electron chi connectivity index (χ4n) is 2.16. The summed E-state index contributed by atoms with van der Waals surface area (Å²) in [5.41, 5.74) is 3.20. The van der Waals surface area contributed by atoms with E-state index in [9.17, 15) is 5.11 Å². The highest BCUT2D eigenvalue weighted by atomic mass is 32.1. The van der Waals surface area contributed by atoms with Gasteiger partial charge in [-0.1, -0.05) is 24.3 Å². The largest absolute Gasteiger partial charge is 0.507 e. The van der Waals surface area contributed by atoms with E-state index < -0.39 is 0 Å². The maximum atomic E-state index is 10.1. The van der Waals surface area contributed by atoms with Crippen LogP contribution in [0.15, 0.2) is 60.2 Å². The highest BCUT2D eigenvalue weighted by Crippen LogP contribution is 2.36. The summed E-state index contributed by atoms with van der Waals surface area (Å²) in [5, 5.41) is 12.2. The van der Waals surface area contributed by atoms with E-state index in [1.165, 1.54) is 0 Å². The molecule has 0 radical (unpaired) electrons. The molecule has 0 unspecified atom stereocenters. The molecule has 19 heavy (non-hydrogen) atoms. The van der Waals surface area contributed by atoms with Gasteiger partial charge in [-0.05, 0) is 41.1 Å². The van der Waals surface area contributed by atoms with Crippen LogP contribution in [0.25, 0.3) is 10.4 Å². The number of hydrogen-bond acceptors (Lipinski definition) is 3. The van der Waals surface area contributed by atoms with E-state index in [1.54, 1.807) is 23.6 Å². The normalized spacial score (nSPS) is 10.5. The molecular formula is C16H13NOS. The van der Waals surface area contributed by atoms with Gasteiger partial charge in [-0.15, -0.1) is 11.3 Å². The number of phenolic OH excluding ortho intramolecular Hbond substituents is 1. The molecule has 0 amide bonds. The van der Waals surface area contributed by atoms with Gasteiger partial charge in [0.2, 0.25) is 0 Å². The second-order valence-corrected chi connectivity index (χ2v) is 5.27. The molecule has 0 aliphatic rings. The molecule has 0 saturated carbocycles. The molecule has 0 saturated heterocycles. The molecule has 3 rings (SSSR count). The van der Waals surface area contributed by atoms with E-state index in [4.69, 9.17) is 0 Å². The maximum Gasteiger partial charge on any atom is 0.124 e. The molecule has 2 nitrogen and oxygen atoms in total. The summed E-state index contributed by atoms with van der Waals surface area (Å²) in [7, 11) is 0. The Labute approximate surface area is 116 Å². The highest BCUT2D eigenvalue weighted by Gasteiger charge is 2.11.